The summed E-state index contributed by atoms with van der Waals surface area (Å²) in [7, 11) is 3.03. The Labute approximate surface area is 184 Å². The van der Waals surface area contributed by atoms with E-state index in [1.807, 2.05) is 20.8 Å². The number of methoxy groups -OCH3 is 2. The summed E-state index contributed by atoms with van der Waals surface area (Å²) in [6.07, 6.45) is 0. The second kappa shape index (κ2) is 9.47. The van der Waals surface area contributed by atoms with Crippen LogP contribution in [-0.2, 0) is 11.3 Å². The first-order valence-electron chi connectivity index (χ1n) is 8.98. The highest BCUT2D eigenvalue weighted by atomic mass is 127. The molecule has 2 aromatic carbocycles. The van der Waals surface area contributed by atoms with Gasteiger partial charge in [-0.3, -0.25) is 4.79 Å². The number of hydrogen-bond donors (Lipinski definition) is 0. The second-order valence-electron chi connectivity index (χ2n) is 7.37. The van der Waals surface area contributed by atoms with E-state index in [0.29, 0.717) is 33.9 Å². The topological polar surface area (TPSA) is 71.1 Å². The average Bonchev–Trinajstić information content (AvgIpc) is 2.65. The second-order valence-corrected chi connectivity index (χ2v) is 8.35. The molecule has 0 atom stereocenters. The molecule has 2 rings (SSSR count). The first kappa shape index (κ1) is 23.0. The summed E-state index contributed by atoms with van der Waals surface area (Å²) in [5.74, 6) is 0.917. The lowest BCUT2D eigenvalue weighted by molar-refractivity contribution is 0.00694. The zero-order chi connectivity index (χ0) is 21.8. The predicted octanol–water partition coefficient (Wildman–Crippen LogP) is 5.12. The largest absolute Gasteiger partial charge is 0.493 e. The normalized spacial score (nSPS) is 11.0. The van der Waals surface area contributed by atoms with Crippen LogP contribution >= 0.6 is 22.6 Å². The van der Waals surface area contributed by atoms with Crippen LogP contribution in [0, 0.1) is 6.92 Å². The van der Waals surface area contributed by atoms with Gasteiger partial charge in [-0.1, -0.05) is 12.1 Å². The maximum Gasteiger partial charge on any atom is 0.338 e. The predicted molar refractivity (Wildman–Crippen MR) is 119 cm³/mol. The molecule has 0 spiro atoms. The quantitative estimate of drug-likeness (QED) is 0.292. The summed E-state index contributed by atoms with van der Waals surface area (Å²) in [5, 5.41) is 0. The Balaban J connectivity index is 2.22. The molecule has 7 heteroatoms. The molecule has 0 saturated heterocycles. The third kappa shape index (κ3) is 5.85. The number of carbonyl (C=O) groups excluding carboxylic acids is 2. The van der Waals surface area contributed by atoms with Crippen molar-refractivity contribution < 1.29 is 28.5 Å². The fourth-order valence-electron chi connectivity index (χ4n) is 2.68. The van der Waals surface area contributed by atoms with E-state index in [0.717, 1.165) is 5.56 Å². The molecule has 2 aromatic rings. The van der Waals surface area contributed by atoms with Crippen molar-refractivity contribution in [2.75, 3.05) is 14.2 Å². The van der Waals surface area contributed by atoms with Crippen molar-refractivity contribution >= 4 is 32.4 Å². The summed E-state index contributed by atoms with van der Waals surface area (Å²) >= 11 is 1.73. The molecule has 6 nitrogen and oxygen atoms in total. The fourth-order valence-corrected chi connectivity index (χ4v) is 3.24. The van der Waals surface area contributed by atoms with Gasteiger partial charge in [-0.15, -0.1) is 0 Å². The highest BCUT2D eigenvalue weighted by Gasteiger charge is 2.21. The number of ether oxygens (including phenoxy) is 4. The molecule has 0 aliphatic carbocycles. The van der Waals surface area contributed by atoms with E-state index in [-0.39, 0.29) is 16.4 Å². The van der Waals surface area contributed by atoms with E-state index < -0.39 is 5.60 Å². The van der Waals surface area contributed by atoms with Crippen molar-refractivity contribution in [3.05, 3.63) is 52.6 Å². The number of esters is 1. The van der Waals surface area contributed by atoms with Gasteiger partial charge >= 0.3 is 5.97 Å². The molecule has 0 radical (unpaired) electrons. The molecule has 0 N–H and O–H groups in total. The molecule has 0 bridgehead atoms. The zero-order valence-corrected chi connectivity index (χ0v) is 19.6. The standard InChI is InChI=1S/C22H25IO6/c1-13-16(20(23)24)11-17(26-5)19(18(13)27-6)28-12-14-7-9-15(10-8-14)21(25)29-22(2,3)4/h7-11H,12H2,1-6H3. The first-order valence-corrected chi connectivity index (χ1v) is 10.1. The van der Waals surface area contributed by atoms with E-state index in [9.17, 15) is 9.59 Å². The summed E-state index contributed by atoms with van der Waals surface area (Å²) in [4.78, 5) is 24.0. The third-order valence-corrected chi connectivity index (χ3v) is 4.64. The van der Waals surface area contributed by atoms with Gasteiger partial charge in [-0.2, -0.15) is 0 Å². The Morgan fingerprint density at radius 3 is 2.10 bits per heavy atom. The van der Waals surface area contributed by atoms with Crippen LogP contribution in [0.4, 0.5) is 0 Å². The summed E-state index contributed by atoms with van der Waals surface area (Å²) in [6, 6.07) is 8.64. The zero-order valence-electron chi connectivity index (χ0n) is 17.4. The van der Waals surface area contributed by atoms with Crippen LogP contribution in [0.3, 0.4) is 0 Å². The van der Waals surface area contributed by atoms with E-state index in [2.05, 4.69) is 0 Å². The van der Waals surface area contributed by atoms with Crippen molar-refractivity contribution in [3.63, 3.8) is 0 Å². The summed E-state index contributed by atoms with van der Waals surface area (Å²) in [5.41, 5.74) is 1.97. The van der Waals surface area contributed by atoms with Gasteiger partial charge in [-0.05, 0) is 51.5 Å². The molecule has 0 saturated carbocycles. The van der Waals surface area contributed by atoms with Gasteiger partial charge in [0, 0.05) is 33.7 Å². The Kier molecular flexibility index (Phi) is 7.51. The van der Waals surface area contributed by atoms with Gasteiger partial charge in [0.25, 0.3) is 0 Å². The number of rotatable bonds is 7. The average molecular weight is 512 g/mol. The van der Waals surface area contributed by atoms with Crippen LogP contribution in [0.2, 0.25) is 0 Å². The summed E-state index contributed by atoms with van der Waals surface area (Å²) < 4.78 is 22.1. The van der Waals surface area contributed by atoms with Crippen LogP contribution in [0.5, 0.6) is 17.2 Å². The van der Waals surface area contributed by atoms with Crippen LogP contribution in [0.1, 0.15) is 52.6 Å². The molecular weight excluding hydrogens is 487 g/mol. The SMILES string of the molecule is COc1cc(C(=O)I)c(C)c(OC)c1OCc1ccc(C(=O)OC(C)(C)C)cc1. The van der Waals surface area contributed by atoms with Gasteiger partial charge in [-0.25, -0.2) is 4.79 Å². The molecule has 156 valence electrons. The van der Waals surface area contributed by atoms with Crippen molar-refractivity contribution in [2.45, 2.75) is 39.9 Å². The molecule has 0 unspecified atom stereocenters. The monoisotopic (exact) mass is 512 g/mol. The highest BCUT2D eigenvalue weighted by molar-refractivity contribution is 14.1. The lowest BCUT2D eigenvalue weighted by atomic mass is 10.1. The number of halogens is 1. The Hall–Kier alpha value is -2.29. The minimum absolute atomic E-state index is 0.110. The molecule has 0 aliphatic heterocycles. The van der Waals surface area contributed by atoms with E-state index in [1.165, 1.54) is 14.2 Å². The third-order valence-electron chi connectivity index (χ3n) is 4.06. The van der Waals surface area contributed by atoms with E-state index in [4.69, 9.17) is 18.9 Å². The minimum atomic E-state index is -0.546. The maximum absolute atomic E-state index is 12.1. The number of benzene rings is 2. The summed E-state index contributed by atoms with van der Waals surface area (Å²) in [6.45, 7) is 7.51. The molecule has 0 amide bonds. The molecule has 0 fully saturated rings. The number of carbonyl (C=O) groups is 2. The molecule has 0 aromatic heterocycles. The van der Waals surface area contributed by atoms with Gasteiger partial charge < -0.3 is 18.9 Å². The molecular formula is C22H25IO6. The van der Waals surface area contributed by atoms with Crippen molar-refractivity contribution in [3.8, 4) is 17.2 Å². The van der Waals surface area contributed by atoms with Gasteiger partial charge in [0.2, 0.25) is 9.54 Å². The van der Waals surface area contributed by atoms with Gasteiger partial charge in [0.1, 0.15) is 12.2 Å². The minimum Gasteiger partial charge on any atom is -0.493 e. The van der Waals surface area contributed by atoms with Crippen LogP contribution in [0.15, 0.2) is 30.3 Å². The number of hydrogen-bond acceptors (Lipinski definition) is 6. The molecule has 0 aliphatic rings. The Bertz CT molecular complexity index is 897. The van der Waals surface area contributed by atoms with Crippen molar-refractivity contribution in [1.82, 2.24) is 0 Å². The fraction of sp³-hybridized carbons (Fsp3) is 0.364. The van der Waals surface area contributed by atoms with Crippen molar-refractivity contribution in [2.24, 2.45) is 0 Å². The highest BCUT2D eigenvalue weighted by Crippen LogP contribution is 2.42. The lowest BCUT2D eigenvalue weighted by Gasteiger charge is -2.19. The van der Waals surface area contributed by atoms with Gasteiger partial charge in [0.15, 0.2) is 11.5 Å². The molecule has 29 heavy (non-hydrogen) atoms. The van der Waals surface area contributed by atoms with Crippen LogP contribution in [-0.4, -0.2) is 29.6 Å². The lowest BCUT2D eigenvalue weighted by Crippen LogP contribution is -2.23. The Morgan fingerprint density at radius 1 is 1.00 bits per heavy atom. The van der Waals surface area contributed by atoms with Crippen molar-refractivity contribution in [1.29, 1.82) is 0 Å². The maximum atomic E-state index is 12.1. The first-order chi connectivity index (χ1) is 13.6. The van der Waals surface area contributed by atoms with Crippen LogP contribution < -0.4 is 14.2 Å². The smallest absolute Gasteiger partial charge is 0.338 e. The van der Waals surface area contributed by atoms with E-state index in [1.54, 1.807) is 59.8 Å². The van der Waals surface area contributed by atoms with Crippen LogP contribution in [0.25, 0.3) is 0 Å². The molecule has 0 heterocycles. The Morgan fingerprint density at radius 2 is 1.62 bits per heavy atom. The van der Waals surface area contributed by atoms with E-state index >= 15 is 0 Å². The van der Waals surface area contributed by atoms with Gasteiger partial charge in [0.05, 0.1) is 19.8 Å².